The van der Waals surface area contributed by atoms with Gasteiger partial charge in [-0.3, -0.25) is 0 Å². The molecular formula is C11H13F3N2O2. The Morgan fingerprint density at radius 1 is 1.56 bits per heavy atom. The Balaban J connectivity index is 2.91. The van der Waals surface area contributed by atoms with Crippen molar-refractivity contribution in [2.45, 2.75) is 32.5 Å². The van der Waals surface area contributed by atoms with Gasteiger partial charge in [-0.15, -0.1) is 0 Å². The molecule has 1 unspecified atom stereocenters. The highest BCUT2D eigenvalue weighted by molar-refractivity contribution is 5.94. The third kappa shape index (κ3) is 3.90. The Labute approximate surface area is 102 Å². The molecule has 0 radical (unpaired) electrons. The molecular weight excluding hydrogens is 249 g/mol. The molecule has 1 heterocycles. The average Bonchev–Trinajstić information content (AvgIpc) is 2.13. The summed E-state index contributed by atoms with van der Waals surface area (Å²) in [6.07, 6.45) is -4.01. The van der Waals surface area contributed by atoms with Crippen LogP contribution in [0.2, 0.25) is 0 Å². The fourth-order valence-corrected chi connectivity index (χ4v) is 1.57. The summed E-state index contributed by atoms with van der Waals surface area (Å²) in [6, 6.07) is 0.542. The fraction of sp³-hybridized carbons (Fsp3) is 0.455. The van der Waals surface area contributed by atoms with E-state index in [1.54, 1.807) is 6.92 Å². The predicted molar refractivity (Wildman–Crippen MR) is 59.7 cm³/mol. The van der Waals surface area contributed by atoms with Crippen molar-refractivity contribution in [3.05, 3.63) is 23.4 Å². The van der Waals surface area contributed by atoms with Crippen molar-refractivity contribution in [2.24, 2.45) is 0 Å². The number of aryl methyl sites for hydroxylation is 1. The molecule has 0 saturated heterocycles. The second-order valence-electron chi connectivity index (χ2n) is 4.02. The van der Waals surface area contributed by atoms with E-state index < -0.39 is 24.6 Å². The number of alkyl halides is 3. The molecule has 0 saturated carbocycles. The summed E-state index contributed by atoms with van der Waals surface area (Å²) in [5, 5.41) is 11.5. The van der Waals surface area contributed by atoms with Crippen LogP contribution in [0.4, 0.5) is 19.0 Å². The first-order valence-corrected chi connectivity index (χ1v) is 5.23. The number of pyridine rings is 1. The van der Waals surface area contributed by atoms with Gasteiger partial charge in [-0.1, -0.05) is 0 Å². The van der Waals surface area contributed by atoms with Crippen molar-refractivity contribution >= 4 is 11.8 Å². The zero-order chi connectivity index (χ0) is 13.9. The Morgan fingerprint density at radius 2 is 2.17 bits per heavy atom. The molecule has 0 aliphatic heterocycles. The SMILES string of the molecule is Cc1ccnc(NC(C)CC(F)(F)F)c1C(=O)O. The molecule has 4 nitrogen and oxygen atoms in total. The highest BCUT2D eigenvalue weighted by Gasteiger charge is 2.30. The lowest BCUT2D eigenvalue weighted by Gasteiger charge is -2.18. The van der Waals surface area contributed by atoms with E-state index in [0.717, 1.165) is 0 Å². The normalized spacial score (nSPS) is 13.2. The van der Waals surface area contributed by atoms with Gasteiger partial charge >= 0.3 is 12.1 Å². The number of carboxylic acid groups (broad SMARTS) is 1. The lowest BCUT2D eigenvalue weighted by Crippen LogP contribution is -2.25. The van der Waals surface area contributed by atoms with Crippen LogP contribution in [0, 0.1) is 6.92 Å². The third-order valence-corrected chi connectivity index (χ3v) is 2.29. The number of aromatic carboxylic acids is 1. The molecule has 2 N–H and O–H groups in total. The number of carboxylic acids is 1. The van der Waals surface area contributed by atoms with Crippen LogP contribution in [0.1, 0.15) is 29.3 Å². The number of anilines is 1. The standard InChI is InChI=1S/C11H13F3N2O2/c1-6-3-4-15-9(8(6)10(17)18)16-7(2)5-11(12,13)14/h3-4,7H,5H2,1-2H3,(H,15,16)(H,17,18). The minimum Gasteiger partial charge on any atom is -0.478 e. The number of nitrogens with zero attached hydrogens (tertiary/aromatic N) is 1. The molecule has 7 heteroatoms. The molecule has 0 amide bonds. The largest absolute Gasteiger partial charge is 0.478 e. The number of carbonyl (C=O) groups is 1. The molecule has 100 valence electrons. The van der Waals surface area contributed by atoms with E-state index in [4.69, 9.17) is 5.11 Å². The Bertz CT molecular complexity index is 446. The van der Waals surface area contributed by atoms with Gasteiger partial charge in [0.2, 0.25) is 0 Å². The van der Waals surface area contributed by atoms with Gasteiger partial charge in [-0.25, -0.2) is 9.78 Å². The third-order valence-electron chi connectivity index (χ3n) is 2.29. The van der Waals surface area contributed by atoms with Gasteiger partial charge in [0.05, 0.1) is 6.42 Å². The summed E-state index contributed by atoms with van der Waals surface area (Å²) in [5.74, 6) is -1.26. The van der Waals surface area contributed by atoms with Crippen molar-refractivity contribution in [3.8, 4) is 0 Å². The summed E-state index contributed by atoms with van der Waals surface area (Å²) in [5.41, 5.74) is 0.339. The molecule has 1 atom stereocenters. The molecule has 0 bridgehead atoms. The topological polar surface area (TPSA) is 62.2 Å². The van der Waals surface area contributed by atoms with Crippen molar-refractivity contribution < 1.29 is 23.1 Å². The number of halogens is 3. The van der Waals surface area contributed by atoms with Crippen LogP contribution in [-0.2, 0) is 0 Å². The first-order chi connectivity index (χ1) is 8.20. The monoisotopic (exact) mass is 262 g/mol. The van der Waals surface area contributed by atoms with Crippen LogP contribution in [0.25, 0.3) is 0 Å². The molecule has 18 heavy (non-hydrogen) atoms. The maximum absolute atomic E-state index is 12.2. The fourth-order valence-electron chi connectivity index (χ4n) is 1.57. The molecule has 0 aliphatic carbocycles. The lowest BCUT2D eigenvalue weighted by atomic mass is 10.1. The van der Waals surface area contributed by atoms with Gasteiger partial charge in [0.1, 0.15) is 11.4 Å². The predicted octanol–water partition coefficient (Wildman–Crippen LogP) is 2.84. The number of aromatic nitrogens is 1. The van der Waals surface area contributed by atoms with Gasteiger partial charge in [0, 0.05) is 12.2 Å². The highest BCUT2D eigenvalue weighted by Crippen LogP contribution is 2.24. The summed E-state index contributed by atoms with van der Waals surface area (Å²) < 4.78 is 36.5. The number of hydrogen-bond acceptors (Lipinski definition) is 3. The Kier molecular flexibility index (Phi) is 4.15. The van der Waals surface area contributed by atoms with E-state index >= 15 is 0 Å². The smallest absolute Gasteiger partial charge is 0.391 e. The Hall–Kier alpha value is -1.79. The second kappa shape index (κ2) is 5.24. The molecule has 0 spiro atoms. The zero-order valence-electron chi connectivity index (χ0n) is 9.88. The number of nitrogens with one attached hydrogen (secondary N) is 1. The Morgan fingerprint density at radius 3 is 2.67 bits per heavy atom. The van der Waals surface area contributed by atoms with E-state index in [-0.39, 0.29) is 11.4 Å². The maximum Gasteiger partial charge on any atom is 0.391 e. The van der Waals surface area contributed by atoms with Crippen LogP contribution >= 0.6 is 0 Å². The van der Waals surface area contributed by atoms with Crippen LogP contribution in [0.15, 0.2) is 12.3 Å². The molecule has 1 rings (SSSR count). The van der Waals surface area contributed by atoms with E-state index in [1.807, 2.05) is 0 Å². The minimum atomic E-state index is -4.31. The van der Waals surface area contributed by atoms with E-state index in [2.05, 4.69) is 10.3 Å². The van der Waals surface area contributed by atoms with Crippen LogP contribution < -0.4 is 5.32 Å². The molecule has 1 aromatic heterocycles. The quantitative estimate of drug-likeness (QED) is 0.875. The van der Waals surface area contributed by atoms with Crippen LogP contribution in [-0.4, -0.2) is 28.3 Å². The van der Waals surface area contributed by atoms with Gasteiger partial charge in [-0.05, 0) is 25.5 Å². The van der Waals surface area contributed by atoms with Gasteiger partial charge in [-0.2, -0.15) is 13.2 Å². The van der Waals surface area contributed by atoms with Gasteiger partial charge in [0.25, 0.3) is 0 Å². The highest BCUT2D eigenvalue weighted by atomic mass is 19.4. The minimum absolute atomic E-state index is 0.0424. The number of hydrogen-bond donors (Lipinski definition) is 2. The maximum atomic E-state index is 12.2. The number of rotatable bonds is 4. The molecule has 0 aromatic carbocycles. The summed E-state index contributed by atoms with van der Waals surface area (Å²) in [4.78, 5) is 14.8. The first-order valence-electron chi connectivity index (χ1n) is 5.23. The first kappa shape index (κ1) is 14.3. The van der Waals surface area contributed by atoms with Gasteiger partial charge in [0.15, 0.2) is 0 Å². The van der Waals surface area contributed by atoms with Crippen molar-refractivity contribution in [2.75, 3.05) is 5.32 Å². The molecule has 1 aromatic rings. The van der Waals surface area contributed by atoms with Crippen molar-refractivity contribution in [1.82, 2.24) is 4.98 Å². The second-order valence-corrected chi connectivity index (χ2v) is 4.02. The summed E-state index contributed by atoms with van der Waals surface area (Å²) in [6.45, 7) is 2.88. The van der Waals surface area contributed by atoms with E-state index in [9.17, 15) is 18.0 Å². The molecule has 0 aliphatic rings. The summed E-state index contributed by atoms with van der Waals surface area (Å²) >= 11 is 0. The van der Waals surface area contributed by atoms with Crippen molar-refractivity contribution in [3.63, 3.8) is 0 Å². The average molecular weight is 262 g/mol. The molecule has 0 fully saturated rings. The zero-order valence-corrected chi connectivity index (χ0v) is 9.88. The van der Waals surface area contributed by atoms with E-state index in [0.29, 0.717) is 5.56 Å². The van der Waals surface area contributed by atoms with Crippen LogP contribution in [0.5, 0.6) is 0 Å². The van der Waals surface area contributed by atoms with Crippen LogP contribution in [0.3, 0.4) is 0 Å². The van der Waals surface area contributed by atoms with Crippen molar-refractivity contribution in [1.29, 1.82) is 0 Å². The van der Waals surface area contributed by atoms with Gasteiger partial charge < -0.3 is 10.4 Å². The van der Waals surface area contributed by atoms with E-state index in [1.165, 1.54) is 19.2 Å². The lowest BCUT2D eigenvalue weighted by molar-refractivity contribution is -0.136. The summed E-state index contributed by atoms with van der Waals surface area (Å²) in [7, 11) is 0.